The van der Waals surface area contributed by atoms with Crippen molar-refractivity contribution in [2.75, 3.05) is 20.8 Å². The Hall–Kier alpha value is -2.21. The largest absolute Gasteiger partial charge is 0.497 e. The Kier molecular flexibility index (Phi) is 8.07. The van der Waals surface area contributed by atoms with Gasteiger partial charge in [-0.25, -0.2) is 8.42 Å². The lowest BCUT2D eigenvalue weighted by atomic mass is 10.1. The van der Waals surface area contributed by atoms with E-state index in [0.29, 0.717) is 26.2 Å². The minimum Gasteiger partial charge on any atom is -0.497 e. The molecule has 0 spiro atoms. The Balaban J connectivity index is 1.53. The second kappa shape index (κ2) is 11.0. The molecule has 2 atom stereocenters. The van der Waals surface area contributed by atoms with E-state index in [2.05, 4.69) is 32.5 Å². The Labute approximate surface area is 214 Å². The lowest BCUT2D eigenvalue weighted by Gasteiger charge is -2.45. The first-order valence-corrected chi connectivity index (χ1v) is 13.7. The summed E-state index contributed by atoms with van der Waals surface area (Å²) in [5.74, 6) is 1.48. The first kappa shape index (κ1) is 24.9. The number of sulfonamides is 1. The maximum atomic E-state index is 13.8. The van der Waals surface area contributed by atoms with E-state index < -0.39 is 15.3 Å². The highest BCUT2D eigenvalue weighted by Crippen LogP contribution is 2.34. The van der Waals surface area contributed by atoms with Crippen molar-refractivity contribution in [3.05, 3.63) is 89.7 Å². The number of alkyl halides is 1. The van der Waals surface area contributed by atoms with E-state index in [1.807, 2.05) is 66.9 Å². The molecule has 1 aliphatic heterocycles. The molecule has 0 aliphatic carbocycles. The molecule has 2 unspecified atom stereocenters. The van der Waals surface area contributed by atoms with Crippen LogP contribution in [0.4, 0.5) is 0 Å². The molecule has 1 saturated heterocycles. The average Bonchev–Trinajstić information content (AvgIpc) is 2.87. The predicted molar refractivity (Wildman–Crippen MR) is 140 cm³/mol. The smallest absolute Gasteiger partial charge is 0.221 e. The number of halogens is 1. The van der Waals surface area contributed by atoms with E-state index >= 15 is 0 Å². The van der Waals surface area contributed by atoms with Crippen molar-refractivity contribution >= 4 is 32.6 Å². The number of nitrogens with zero attached hydrogens (tertiary/aromatic N) is 3. The van der Waals surface area contributed by atoms with Gasteiger partial charge in [0.2, 0.25) is 10.0 Å². The molecule has 1 aromatic heterocycles. The number of likely N-dealkylation sites (tertiary alicyclic amines) is 1. The van der Waals surface area contributed by atoms with Crippen LogP contribution in [0.3, 0.4) is 0 Å². The fraction of sp³-hybridized carbons (Fsp3) is 0.320. The highest BCUT2D eigenvalue weighted by atomic mass is 127. The molecule has 9 heteroatoms. The Bertz CT molecular complexity index is 1130. The second-order valence-corrected chi connectivity index (χ2v) is 11.6. The molecule has 0 bridgehead atoms. The maximum Gasteiger partial charge on any atom is 0.221 e. The molecule has 2 aromatic carbocycles. The van der Waals surface area contributed by atoms with Gasteiger partial charge in [0.25, 0.3) is 0 Å². The summed E-state index contributed by atoms with van der Waals surface area (Å²) in [6, 6.07) is 19.0. The first-order chi connectivity index (χ1) is 16.4. The van der Waals surface area contributed by atoms with Gasteiger partial charge in [0.15, 0.2) is 0 Å². The van der Waals surface area contributed by atoms with Gasteiger partial charge in [0.1, 0.15) is 16.7 Å². The molecule has 2 heterocycles. The molecule has 0 amide bonds. The van der Waals surface area contributed by atoms with E-state index in [1.54, 1.807) is 24.7 Å². The average molecular weight is 593 g/mol. The first-order valence-electron chi connectivity index (χ1n) is 10.9. The molecule has 1 fully saturated rings. The van der Waals surface area contributed by atoms with Crippen LogP contribution in [-0.2, 0) is 29.7 Å². The Morgan fingerprint density at radius 2 is 1.50 bits per heavy atom. The molecule has 0 N–H and O–H groups in total. The van der Waals surface area contributed by atoms with Gasteiger partial charge < -0.3 is 9.47 Å². The predicted octanol–water partition coefficient (Wildman–Crippen LogP) is 4.08. The number of ether oxygens (including phenoxy) is 2. The topological polar surface area (TPSA) is 72.0 Å². The third-order valence-corrected chi connectivity index (χ3v) is 10.3. The van der Waals surface area contributed by atoms with Crippen LogP contribution in [0.2, 0.25) is 0 Å². The zero-order valence-corrected chi connectivity index (χ0v) is 22.1. The number of hydrogen-bond acceptors (Lipinski definition) is 6. The molecule has 0 saturated carbocycles. The summed E-state index contributed by atoms with van der Waals surface area (Å²) < 4.78 is 39.6. The van der Waals surface area contributed by atoms with Crippen LogP contribution in [0.1, 0.15) is 16.7 Å². The SMILES string of the molecule is COc1ccc(CN(Cc2ccc(OC)cc2)S(=O)(=O)C2CN(Cc3cccnc3)C2I)cc1. The molecule has 3 aromatic rings. The van der Waals surface area contributed by atoms with E-state index in [1.165, 1.54) is 0 Å². The Morgan fingerprint density at radius 1 is 0.941 bits per heavy atom. The van der Waals surface area contributed by atoms with Gasteiger partial charge in [0.05, 0.1) is 18.3 Å². The van der Waals surface area contributed by atoms with Gasteiger partial charge in [-0.05, 0) is 47.0 Å². The third kappa shape index (κ3) is 5.70. The zero-order chi connectivity index (χ0) is 24.1. The van der Waals surface area contributed by atoms with Gasteiger partial charge in [-0.1, -0.05) is 52.9 Å². The number of benzene rings is 2. The highest BCUT2D eigenvalue weighted by Gasteiger charge is 2.47. The summed E-state index contributed by atoms with van der Waals surface area (Å²) >= 11 is 2.25. The molecule has 7 nitrogen and oxygen atoms in total. The van der Waals surface area contributed by atoms with Crippen LogP contribution >= 0.6 is 22.6 Å². The van der Waals surface area contributed by atoms with Crippen molar-refractivity contribution in [1.29, 1.82) is 0 Å². The van der Waals surface area contributed by atoms with Gasteiger partial charge in [0, 0.05) is 38.6 Å². The summed E-state index contributed by atoms with van der Waals surface area (Å²) in [5, 5.41) is -0.471. The molecule has 1 aliphatic rings. The quantitative estimate of drug-likeness (QED) is 0.201. The molecule has 0 radical (unpaired) electrons. The fourth-order valence-corrected chi connectivity index (χ4v) is 7.57. The van der Waals surface area contributed by atoms with Gasteiger partial charge >= 0.3 is 0 Å². The van der Waals surface area contributed by atoms with Gasteiger partial charge in [-0.3, -0.25) is 9.88 Å². The van der Waals surface area contributed by atoms with Crippen LogP contribution in [0.15, 0.2) is 73.1 Å². The molecular formula is C25H28IN3O4S. The lowest BCUT2D eigenvalue weighted by Crippen LogP contribution is -2.62. The summed E-state index contributed by atoms with van der Waals surface area (Å²) in [5.41, 5.74) is 2.90. The number of methoxy groups -OCH3 is 2. The van der Waals surface area contributed by atoms with Crippen molar-refractivity contribution in [2.45, 2.75) is 28.9 Å². The van der Waals surface area contributed by atoms with Crippen molar-refractivity contribution < 1.29 is 17.9 Å². The normalized spacial score (nSPS) is 18.5. The van der Waals surface area contributed by atoms with Crippen LogP contribution in [-0.4, -0.2) is 52.7 Å². The lowest BCUT2D eigenvalue weighted by molar-refractivity contribution is 0.156. The maximum absolute atomic E-state index is 13.8. The van der Waals surface area contributed by atoms with Gasteiger partial charge in [-0.15, -0.1) is 0 Å². The van der Waals surface area contributed by atoms with Crippen LogP contribution in [0.5, 0.6) is 11.5 Å². The molecule has 34 heavy (non-hydrogen) atoms. The number of pyridine rings is 1. The van der Waals surface area contributed by atoms with E-state index in [0.717, 1.165) is 28.2 Å². The number of aromatic nitrogens is 1. The van der Waals surface area contributed by atoms with Crippen LogP contribution < -0.4 is 9.47 Å². The van der Waals surface area contributed by atoms with E-state index in [-0.39, 0.29) is 4.05 Å². The molecular weight excluding hydrogens is 565 g/mol. The van der Waals surface area contributed by atoms with Crippen LogP contribution in [0, 0.1) is 0 Å². The summed E-state index contributed by atoms with van der Waals surface area (Å²) in [6.07, 6.45) is 3.56. The monoisotopic (exact) mass is 593 g/mol. The van der Waals surface area contributed by atoms with Crippen molar-refractivity contribution in [3.63, 3.8) is 0 Å². The van der Waals surface area contributed by atoms with Crippen molar-refractivity contribution in [1.82, 2.24) is 14.2 Å². The number of rotatable bonds is 10. The Morgan fingerprint density at radius 3 is 1.94 bits per heavy atom. The second-order valence-electron chi connectivity index (χ2n) is 8.21. The number of hydrogen-bond donors (Lipinski definition) is 0. The standard InChI is InChI=1S/C25H28IN3O4S/c1-32-22-9-5-19(6-10-22)16-29(17-20-7-11-23(33-2)12-8-20)34(30,31)24-18-28(25(24)26)15-21-4-3-13-27-14-21/h3-14,24-25H,15-18H2,1-2H3. The van der Waals surface area contributed by atoms with E-state index in [9.17, 15) is 8.42 Å². The minimum absolute atomic E-state index is 0.114. The zero-order valence-electron chi connectivity index (χ0n) is 19.2. The van der Waals surface area contributed by atoms with Crippen molar-refractivity contribution in [2.24, 2.45) is 0 Å². The molecule has 4 rings (SSSR count). The van der Waals surface area contributed by atoms with Crippen molar-refractivity contribution in [3.8, 4) is 11.5 Å². The fourth-order valence-electron chi connectivity index (χ4n) is 3.93. The van der Waals surface area contributed by atoms with Crippen LogP contribution in [0.25, 0.3) is 0 Å². The summed E-state index contributed by atoms with van der Waals surface area (Å²) in [4.78, 5) is 6.33. The summed E-state index contributed by atoms with van der Waals surface area (Å²) in [6.45, 7) is 1.76. The summed E-state index contributed by atoms with van der Waals surface area (Å²) in [7, 11) is -0.331. The highest BCUT2D eigenvalue weighted by molar-refractivity contribution is 14.1. The third-order valence-electron chi connectivity index (χ3n) is 5.96. The van der Waals surface area contributed by atoms with Gasteiger partial charge in [-0.2, -0.15) is 4.31 Å². The molecule has 180 valence electrons. The minimum atomic E-state index is -3.56. The van der Waals surface area contributed by atoms with E-state index in [4.69, 9.17) is 9.47 Å².